The first kappa shape index (κ1) is 28.6. The smallest absolute Gasteiger partial charge is 0.272 e. The molecule has 1 amide bonds. The van der Waals surface area contributed by atoms with Gasteiger partial charge >= 0.3 is 0 Å². The monoisotopic (exact) mass is 536 g/mol. The molecule has 3 aromatic rings. The second-order valence-corrected chi connectivity index (χ2v) is 10.6. The summed E-state index contributed by atoms with van der Waals surface area (Å²) in [7, 11) is 0. The minimum Gasteiger partial charge on any atom is -0.489 e. The van der Waals surface area contributed by atoms with Crippen LogP contribution in [-0.4, -0.2) is 36.2 Å². The zero-order valence-corrected chi connectivity index (χ0v) is 23.8. The van der Waals surface area contributed by atoms with E-state index in [0.717, 1.165) is 22.4 Å². The third kappa shape index (κ3) is 6.76. The normalized spacial score (nSPS) is 14.2. The maximum atomic E-state index is 13.5. The number of aromatic nitrogens is 1. The van der Waals surface area contributed by atoms with Crippen molar-refractivity contribution in [2.24, 2.45) is 10.7 Å². The highest BCUT2D eigenvalue weighted by Gasteiger charge is 2.29. The summed E-state index contributed by atoms with van der Waals surface area (Å²) >= 11 is 0. The number of amides is 1. The summed E-state index contributed by atoms with van der Waals surface area (Å²) in [4.78, 5) is 19.8. The number of nitrogens with two attached hydrogens (primary N) is 1. The van der Waals surface area contributed by atoms with Crippen LogP contribution in [0.2, 0.25) is 0 Å². The molecule has 0 radical (unpaired) electrons. The molecule has 40 heavy (non-hydrogen) atoms. The number of pyridine rings is 1. The molecule has 1 aliphatic rings. The van der Waals surface area contributed by atoms with Crippen LogP contribution in [0.25, 0.3) is 11.3 Å². The highest BCUT2D eigenvalue weighted by atomic mass is 16.5. The fourth-order valence-electron chi connectivity index (χ4n) is 4.59. The molecular formula is C33H38N5O2+. The fraction of sp³-hybridized carbons (Fsp3) is 0.333. The predicted octanol–water partition coefficient (Wildman–Crippen LogP) is 5.28. The first-order valence-corrected chi connectivity index (χ1v) is 13.8. The lowest BCUT2D eigenvalue weighted by Crippen LogP contribution is -2.43. The summed E-state index contributed by atoms with van der Waals surface area (Å²) < 4.78 is 8.14. The zero-order valence-electron chi connectivity index (χ0n) is 23.8. The Labute approximate surface area is 237 Å². The molecule has 7 heteroatoms. The predicted molar refractivity (Wildman–Crippen MR) is 158 cm³/mol. The molecule has 2 N–H and O–H groups in total. The summed E-state index contributed by atoms with van der Waals surface area (Å²) in [6.45, 7) is 10.4. The Kier molecular flexibility index (Phi) is 9.34. The van der Waals surface area contributed by atoms with Crippen LogP contribution < -0.4 is 15.0 Å². The number of benzene rings is 2. The van der Waals surface area contributed by atoms with Crippen molar-refractivity contribution >= 4 is 22.9 Å². The van der Waals surface area contributed by atoms with Crippen LogP contribution in [0.5, 0.6) is 5.75 Å². The van der Waals surface area contributed by atoms with Gasteiger partial charge in [-0.05, 0) is 48.6 Å². The van der Waals surface area contributed by atoms with Crippen molar-refractivity contribution in [2.75, 3.05) is 19.6 Å². The Hall–Kier alpha value is -4.44. The Bertz CT molecular complexity index is 1410. The van der Waals surface area contributed by atoms with Crippen LogP contribution in [0.4, 0.5) is 0 Å². The van der Waals surface area contributed by atoms with Crippen molar-refractivity contribution in [3.63, 3.8) is 0 Å². The summed E-state index contributed by atoms with van der Waals surface area (Å²) in [6, 6.07) is 22.4. The van der Waals surface area contributed by atoms with Gasteiger partial charge in [-0.1, -0.05) is 50.2 Å². The van der Waals surface area contributed by atoms with E-state index < -0.39 is 0 Å². The molecule has 1 aromatic heterocycles. The van der Waals surface area contributed by atoms with Crippen LogP contribution in [-0.2, 0) is 11.4 Å². The van der Waals surface area contributed by atoms with Crippen LogP contribution in [0.1, 0.15) is 68.3 Å². The highest BCUT2D eigenvalue weighted by Crippen LogP contribution is 2.28. The standard InChI is InChI=1S/C33H38N5O2/c1-23(2)26-8-6-25(7-9-26)22-40-29-12-10-27(11-13-29)30(31(35)28-14-19-37(20-15-28)24(3)4)32-33(39)38(18-5-16-34)21-17-36-32/h6-15,19-20,23-24H,5,17-18,21-22,35H2,1-4H3/q+1. The molecule has 0 saturated heterocycles. The number of nitriles is 1. The summed E-state index contributed by atoms with van der Waals surface area (Å²) in [5, 5.41) is 9.05. The minimum absolute atomic E-state index is 0.210. The maximum absolute atomic E-state index is 13.5. The van der Waals surface area contributed by atoms with Gasteiger partial charge in [0, 0.05) is 42.1 Å². The molecule has 7 nitrogen and oxygen atoms in total. The number of hydrogen-bond donors (Lipinski definition) is 1. The van der Waals surface area contributed by atoms with Crippen molar-refractivity contribution < 1.29 is 14.1 Å². The molecule has 2 heterocycles. The molecule has 1 aliphatic heterocycles. The van der Waals surface area contributed by atoms with Crippen LogP contribution in [0.15, 0.2) is 78.0 Å². The third-order valence-corrected chi connectivity index (χ3v) is 7.08. The van der Waals surface area contributed by atoms with E-state index in [0.29, 0.717) is 55.2 Å². The van der Waals surface area contributed by atoms with E-state index in [-0.39, 0.29) is 12.3 Å². The highest BCUT2D eigenvalue weighted by molar-refractivity contribution is 6.58. The van der Waals surface area contributed by atoms with E-state index in [4.69, 9.17) is 15.7 Å². The van der Waals surface area contributed by atoms with Gasteiger partial charge in [0.2, 0.25) is 0 Å². The average molecular weight is 537 g/mol. The summed E-state index contributed by atoms with van der Waals surface area (Å²) in [5.74, 6) is 1.00. The molecular weight excluding hydrogens is 498 g/mol. The van der Waals surface area contributed by atoms with E-state index in [1.165, 1.54) is 5.56 Å². The van der Waals surface area contributed by atoms with Crippen molar-refractivity contribution in [3.8, 4) is 11.8 Å². The zero-order chi connectivity index (χ0) is 28.6. The minimum atomic E-state index is -0.210. The molecule has 206 valence electrons. The number of hydrogen-bond acceptors (Lipinski definition) is 5. The van der Waals surface area contributed by atoms with Gasteiger partial charge in [0.15, 0.2) is 18.4 Å². The van der Waals surface area contributed by atoms with E-state index in [1.54, 1.807) is 4.90 Å². The summed E-state index contributed by atoms with van der Waals surface area (Å²) in [6.07, 6.45) is 4.24. The van der Waals surface area contributed by atoms with E-state index >= 15 is 0 Å². The van der Waals surface area contributed by atoms with Crippen molar-refractivity contribution in [3.05, 3.63) is 95.3 Å². The van der Waals surface area contributed by atoms with Crippen LogP contribution in [0.3, 0.4) is 0 Å². The van der Waals surface area contributed by atoms with Gasteiger partial charge in [-0.15, -0.1) is 0 Å². The number of aliphatic imine (C=N–C) groups is 1. The second kappa shape index (κ2) is 13.1. The van der Waals surface area contributed by atoms with Crippen molar-refractivity contribution in [1.82, 2.24) is 4.90 Å². The number of carbonyl (C=O) groups is 1. The SMILES string of the molecule is CC(C)c1ccc(COc2ccc(C(C3=NCCN(CCC#N)C3=O)=C(N)c3cc[n+](C(C)C)cc3)cc2)cc1. The molecule has 0 fully saturated rings. The Balaban J connectivity index is 1.64. The molecule has 0 bridgehead atoms. The fourth-order valence-corrected chi connectivity index (χ4v) is 4.59. The van der Waals surface area contributed by atoms with Crippen LogP contribution in [0, 0.1) is 11.3 Å². The quantitative estimate of drug-likeness (QED) is 0.357. The summed E-state index contributed by atoms with van der Waals surface area (Å²) in [5.41, 5.74) is 12.1. The molecule has 4 rings (SSSR count). The largest absolute Gasteiger partial charge is 0.489 e. The lowest BCUT2D eigenvalue weighted by Gasteiger charge is -2.27. The van der Waals surface area contributed by atoms with Crippen LogP contribution >= 0.6 is 0 Å². The average Bonchev–Trinajstić information content (AvgIpc) is 2.97. The molecule has 2 aromatic carbocycles. The number of carbonyl (C=O) groups excluding carboxylic acids is 1. The van der Waals surface area contributed by atoms with Gasteiger partial charge in [0.05, 0.1) is 19.0 Å². The first-order chi connectivity index (χ1) is 19.3. The molecule has 0 saturated carbocycles. The molecule has 0 atom stereocenters. The first-order valence-electron chi connectivity index (χ1n) is 13.8. The van der Waals surface area contributed by atoms with E-state index in [1.807, 2.05) is 48.8 Å². The Morgan fingerprint density at radius 1 is 1.02 bits per heavy atom. The van der Waals surface area contributed by atoms with Gasteiger partial charge in [0.1, 0.15) is 18.1 Å². The maximum Gasteiger partial charge on any atom is 0.272 e. The van der Waals surface area contributed by atoms with Gasteiger partial charge in [-0.3, -0.25) is 9.79 Å². The third-order valence-electron chi connectivity index (χ3n) is 7.08. The Morgan fingerprint density at radius 2 is 1.70 bits per heavy atom. The van der Waals surface area contributed by atoms with E-state index in [2.05, 4.69) is 67.6 Å². The lowest BCUT2D eigenvalue weighted by molar-refractivity contribution is -0.716. The molecule has 0 spiro atoms. The van der Waals surface area contributed by atoms with Gasteiger partial charge in [-0.2, -0.15) is 5.26 Å². The number of ether oxygens (including phenoxy) is 1. The second-order valence-electron chi connectivity index (χ2n) is 10.6. The molecule has 0 unspecified atom stereocenters. The Morgan fingerprint density at radius 3 is 2.30 bits per heavy atom. The molecule has 0 aliphatic carbocycles. The number of nitrogens with zero attached hydrogens (tertiary/aromatic N) is 4. The topological polar surface area (TPSA) is 95.6 Å². The number of rotatable bonds is 10. The van der Waals surface area contributed by atoms with Gasteiger partial charge in [0.25, 0.3) is 5.91 Å². The van der Waals surface area contributed by atoms with Gasteiger partial charge < -0.3 is 15.4 Å². The van der Waals surface area contributed by atoms with Crippen molar-refractivity contribution in [2.45, 2.75) is 52.7 Å². The van der Waals surface area contributed by atoms with Gasteiger partial charge in [-0.25, -0.2) is 4.57 Å². The van der Waals surface area contributed by atoms with Crippen molar-refractivity contribution in [1.29, 1.82) is 5.26 Å². The van der Waals surface area contributed by atoms with E-state index in [9.17, 15) is 4.79 Å². The lowest BCUT2D eigenvalue weighted by atomic mass is 9.94.